The second kappa shape index (κ2) is 35.5. The van der Waals surface area contributed by atoms with Crippen LogP contribution in [0.15, 0.2) is 30.3 Å². The molecule has 1 aromatic carbocycles. The summed E-state index contributed by atoms with van der Waals surface area (Å²) in [6, 6.07) is 9.15. The first-order valence-corrected chi connectivity index (χ1v) is 22.8. The van der Waals surface area contributed by atoms with Crippen LogP contribution in [0.1, 0.15) is 0 Å². The SMILES string of the molecule is COCN(COC)c1nc(-c2ccccc2)nc(N(COC)COC)n1.COCN(COC)c1nc(N(COC)COC)nc(N(COC)COC)n1.COCN1C(=O)N(COC)C2C1N(COC)C(=O)N2COC. The van der Waals surface area contributed by atoms with E-state index in [1.54, 1.807) is 95.6 Å². The van der Waals surface area contributed by atoms with Crippen LogP contribution in [0, 0.1) is 0 Å². The van der Waals surface area contributed by atoms with Gasteiger partial charge in [-0.05, 0) is 0 Å². The van der Waals surface area contributed by atoms with Gasteiger partial charge in [0.15, 0.2) is 18.2 Å². The number of carbonyl (C=O) groups excluding carboxylic acids is 2. The van der Waals surface area contributed by atoms with E-state index in [4.69, 9.17) is 66.3 Å². The molecule has 0 spiro atoms. The molecule has 2 fully saturated rings. The minimum Gasteiger partial charge on any atom is -0.364 e. The summed E-state index contributed by atoms with van der Waals surface area (Å²) in [6.07, 6.45) is -1.05. The summed E-state index contributed by atoms with van der Waals surface area (Å²) in [7, 11) is 21.9. The Balaban J connectivity index is 0.000000298. The Morgan fingerprint density at radius 1 is 0.333 bits per heavy atom. The third kappa shape index (κ3) is 18.2. The van der Waals surface area contributed by atoms with Crippen molar-refractivity contribution in [3.8, 4) is 11.4 Å². The summed E-state index contributed by atoms with van der Waals surface area (Å²) in [6.45, 7) is 2.78. The number of amides is 4. The maximum Gasteiger partial charge on any atom is 0.327 e. The molecule has 75 heavy (non-hydrogen) atoms. The van der Waals surface area contributed by atoms with Gasteiger partial charge in [0.1, 0.15) is 94.2 Å². The molecule has 0 N–H and O–H groups in total. The van der Waals surface area contributed by atoms with Crippen LogP contribution in [0.4, 0.5) is 39.3 Å². The Labute approximate surface area is 438 Å². The fourth-order valence-corrected chi connectivity index (χ4v) is 7.29. The molecule has 4 amide bonds. The number of hydrogen-bond donors (Lipinski definition) is 0. The van der Waals surface area contributed by atoms with Crippen LogP contribution in [0.5, 0.6) is 0 Å². The second-order valence-electron chi connectivity index (χ2n) is 15.7. The van der Waals surface area contributed by atoms with Crippen molar-refractivity contribution in [1.82, 2.24) is 49.5 Å². The van der Waals surface area contributed by atoms with Gasteiger partial charge in [0.05, 0.1) is 0 Å². The van der Waals surface area contributed by atoms with Gasteiger partial charge in [0, 0.05) is 105 Å². The highest BCUT2D eigenvalue weighted by atomic mass is 16.5. The predicted molar refractivity (Wildman–Crippen MR) is 269 cm³/mol. The third-order valence-electron chi connectivity index (χ3n) is 10.1. The van der Waals surface area contributed by atoms with Crippen molar-refractivity contribution >= 4 is 41.8 Å². The van der Waals surface area contributed by atoms with Crippen LogP contribution in [0.25, 0.3) is 11.4 Å². The third-order valence-corrected chi connectivity index (χ3v) is 10.1. The van der Waals surface area contributed by atoms with Gasteiger partial charge in [0.25, 0.3) is 0 Å². The molecule has 0 radical (unpaired) electrons. The van der Waals surface area contributed by atoms with Crippen LogP contribution in [0.3, 0.4) is 0 Å². The van der Waals surface area contributed by atoms with Crippen LogP contribution >= 0.6 is 0 Å². The van der Waals surface area contributed by atoms with Crippen LogP contribution in [-0.2, 0) is 66.3 Å². The minimum atomic E-state index is -0.523. The Bertz CT molecular complexity index is 1830. The fourth-order valence-electron chi connectivity index (χ4n) is 7.29. The summed E-state index contributed by atoms with van der Waals surface area (Å²) in [5.41, 5.74) is 0.877. The monoisotopic (exact) mass is 1070 g/mol. The lowest BCUT2D eigenvalue weighted by Gasteiger charge is -2.28. The normalized spacial score (nSPS) is 14.9. The summed E-state index contributed by atoms with van der Waals surface area (Å²) >= 11 is 0. The minimum absolute atomic E-state index is 0.0640. The van der Waals surface area contributed by atoms with Gasteiger partial charge < -0.3 is 66.3 Å². The number of urea groups is 2. The van der Waals surface area contributed by atoms with Crippen LogP contribution in [-0.4, -0.2) is 268 Å². The van der Waals surface area contributed by atoms with Crippen molar-refractivity contribution in [2.45, 2.75) is 12.3 Å². The number of aromatic nitrogens is 6. The average Bonchev–Trinajstić information content (AvgIpc) is 3.83. The van der Waals surface area contributed by atoms with E-state index in [9.17, 15) is 9.59 Å². The summed E-state index contributed by atoms with van der Waals surface area (Å²) in [5.74, 6) is 2.53. The maximum atomic E-state index is 12.6. The summed E-state index contributed by atoms with van der Waals surface area (Å²) in [5, 5.41) is 0. The van der Waals surface area contributed by atoms with E-state index >= 15 is 0 Å². The highest BCUT2D eigenvalue weighted by Crippen LogP contribution is 2.35. The van der Waals surface area contributed by atoms with E-state index in [0.29, 0.717) is 35.6 Å². The molecule has 31 nitrogen and oxygen atoms in total. The largest absolute Gasteiger partial charge is 0.364 e. The van der Waals surface area contributed by atoms with Crippen molar-refractivity contribution in [2.24, 2.45) is 0 Å². The standard InChI is InChI=1S/C17H25N5O4.C15H30N6O6.C12H22N4O6/c1-23-10-21(11-24-2)16-18-15(14-8-6-5-7-9-14)19-17(20-16)22(12-25-3)13-26-4;1-22-7-19(8-23-2)13-16-14(20(9-24-3)10-25-4)18-15(17-13)21(11-26-5)12-27-6;1-19-5-13-9-10(15(7-21-3)11(13)17)16(8-22-4)12(18)14(9)6-20-2/h5-9H,10-13H2,1-4H3;7-12H2,1-6H3;9-10H,5-8H2,1-4H3. The van der Waals surface area contributed by atoms with Gasteiger partial charge in [0.2, 0.25) is 29.7 Å². The Hall–Kier alpha value is -5.78. The molecule has 31 heteroatoms. The quantitative estimate of drug-likeness (QED) is 0.0755. The van der Waals surface area contributed by atoms with Crippen molar-refractivity contribution < 1.29 is 75.9 Å². The van der Waals surface area contributed by atoms with E-state index in [-0.39, 0.29) is 106 Å². The molecule has 0 bridgehead atoms. The zero-order chi connectivity index (χ0) is 55.1. The maximum absolute atomic E-state index is 12.6. The number of anilines is 5. The van der Waals surface area contributed by atoms with Crippen molar-refractivity contribution in [1.29, 1.82) is 0 Å². The zero-order valence-electron chi connectivity index (χ0n) is 45.7. The van der Waals surface area contributed by atoms with E-state index in [2.05, 4.69) is 29.9 Å². The summed E-state index contributed by atoms with van der Waals surface area (Å²) in [4.78, 5) is 66.9. The highest BCUT2D eigenvalue weighted by Gasteiger charge is 2.59. The van der Waals surface area contributed by atoms with Gasteiger partial charge in [-0.1, -0.05) is 30.3 Å². The molecule has 0 atom stereocenters. The van der Waals surface area contributed by atoms with Crippen molar-refractivity contribution in [2.75, 3.05) is 218 Å². The molecular weight excluding hydrogens is 995 g/mol. The molecule has 5 rings (SSSR count). The molecule has 0 aliphatic carbocycles. The number of carbonyl (C=O) groups is 2. The molecular formula is C44H77N15O16. The van der Waals surface area contributed by atoms with Crippen LogP contribution < -0.4 is 24.5 Å². The first-order chi connectivity index (χ1) is 36.5. The predicted octanol–water partition coefficient (Wildman–Crippen LogP) is 1.01. The number of methoxy groups -OCH3 is 14. The number of fused-ring (bicyclic) bond motifs is 1. The molecule has 3 aromatic rings. The lowest BCUT2D eigenvalue weighted by atomic mass is 10.2. The van der Waals surface area contributed by atoms with Gasteiger partial charge in [-0.25, -0.2) is 9.59 Å². The molecule has 2 saturated heterocycles. The number of rotatable bonds is 34. The Morgan fingerprint density at radius 2 is 0.547 bits per heavy atom. The zero-order valence-corrected chi connectivity index (χ0v) is 45.7. The lowest BCUT2D eigenvalue weighted by Crippen LogP contribution is -2.48. The first-order valence-electron chi connectivity index (χ1n) is 22.8. The number of ether oxygens (including phenoxy) is 14. The van der Waals surface area contributed by atoms with E-state index in [0.717, 1.165) is 5.56 Å². The smallest absolute Gasteiger partial charge is 0.327 e. The van der Waals surface area contributed by atoms with E-state index in [1.165, 1.54) is 48.0 Å². The highest BCUT2D eigenvalue weighted by molar-refractivity contribution is 5.85. The molecule has 2 aromatic heterocycles. The summed E-state index contributed by atoms with van der Waals surface area (Å²) < 4.78 is 72.7. The lowest BCUT2D eigenvalue weighted by molar-refractivity contribution is -0.0135. The second-order valence-corrected chi connectivity index (χ2v) is 15.7. The van der Waals surface area contributed by atoms with Crippen molar-refractivity contribution in [3.63, 3.8) is 0 Å². The number of benzene rings is 1. The van der Waals surface area contributed by atoms with Gasteiger partial charge in [-0.15, -0.1) is 0 Å². The van der Waals surface area contributed by atoms with Crippen molar-refractivity contribution in [3.05, 3.63) is 30.3 Å². The van der Waals surface area contributed by atoms with Crippen LogP contribution in [0.2, 0.25) is 0 Å². The fraction of sp³-hybridized carbons (Fsp3) is 0.682. The molecule has 4 heterocycles. The van der Waals surface area contributed by atoms with Gasteiger partial charge in [-0.3, -0.25) is 44.1 Å². The molecule has 2 aliphatic heterocycles. The van der Waals surface area contributed by atoms with E-state index in [1.807, 2.05) is 30.3 Å². The molecule has 2 aliphatic rings. The molecule has 0 saturated carbocycles. The van der Waals surface area contributed by atoms with Gasteiger partial charge >= 0.3 is 12.1 Å². The van der Waals surface area contributed by atoms with E-state index < -0.39 is 12.3 Å². The first kappa shape index (κ1) is 63.5. The molecule has 424 valence electrons. The Morgan fingerprint density at radius 3 is 0.747 bits per heavy atom. The molecule has 0 unspecified atom stereocenters. The Kier molecular flexibility index (Phi) is 30.0. The average molecular weight is 1070 g/mol. The topological polar surface area (TPSA) is 270 Å². The van der Waals surface area contributed by atoms with Gasteiger partial charge in [-0.2, -0.15) is 29.9 Å². The number of hydrogen-bond acceptors (Lipinski definition) is 27. The number of nitrogens with zero attached hydrogens (tertiary/aromatic N) is 15.